The molecule has 0 saturated carbocycles. The number of nitro benzene ring substituents is 1. The maximum absolute atomic E-state index is 12.6. The number of imide groups is 1. The number of carbonyl (C=O) groups is 3. The predicted molar refractivity (Wildman–Crippen MR) is 103 cm³/mol. The fourth-order valence-corrected chi connectivity index (χ4v) is 3.93. The fourth-order valence-electron chi connectivity index (χ4n) is 3.10. The lowest BCUT2D eigenvalue weighted by Gasteiger charge is -2.27. The highest BCUT2D eigenvalue weighted by Gasteiger charge is 2.37. The summed E-state index contributed by atoms with van der Waals surface area (Å²) in [4.78, 5) is 50.4. The molecule has 2 aliphatic heterocycles. The second-order valence-corrected chi connectivity index (χ2v) is 7.39. The lowest BCUT2D eigenvalue weighted by molar-refractivity contribution is -0.384. The molecule has 2 heterocycles. The third kappa shape index (κ3) is 4.16. The standard InChI is InChI=1S/C18H19N3O6S/c1-27-14-6-5-13(21(25)26)9-12(14)10-15-17(23)20(18(24)28-15)11-16(22)19-7-3-2-4-8-19/h5-6,9-10H,2-4,7-8,11H2,1H3/b15-10-. The average Bonchev–Trinajstić information content (AvgIpc) is 2.95. The number of carbonyl (C=O) groups excluding carboxylic acids is 3. The number of non-ortho nitro benzene ring substituents is 1. The predicted octanol–water partition coefficient (Wildman–Crippen LogP) is 2.65. The third-order valence-corrected chi connectivity index (χ3v) is 5.49. The molecule has 3 amide bonds. The summed E-state index contributed by atoms with van der Waals surface area (Å²) in [6.45, 7) is 0.972. The van der Waals surface area contributed by atoms with Crippen LogP contribution >= 0.6 is 11.8 Å². The quantitative estimate of drug-likeness (QED) is 0.421. The molecule has 10 heteroatoms. The molecule has 2 aliphatic rings. The van der Waals surface area contributed by atoms with Crippen molar-refractivity contribution in [2.75, 3.05) is 26.7 Å². The van der Waals surface area contributed by atoms with Gasteiger partial charge >= 0.3 is 0 Å². The van der Waals surface area contributed by atoms with Crippen molar-refractivity contribution < 1.29 is 24.0 Å². The van der Waals surface area contributed by atoms with Crippen LogP contribution in [0, 0.1) is 10.1 Å². The summed E-state index contributed by atoms with van der Waals surface area (Å²) in [5, 5.41) is 10.5. The molecule has 0 bridgehead atoms. The van der Waals surface area contributed by atoms with Crippen LogP contribution in [-0.2, 0) is 9.59 Å². The van der Waals surface area contributed by atoms with Crippen LogP contribution in [0.4, 0.5) is 10.5 Å². The number of hydrogen-bond acceptors (Lipinski definition) is 7. The Balaban J connectivity index is 1.80. The van der Waals surface area contributed by atoms with Crippen LogP contribution in [0.2, 0.25) is 0 Å². The van der Waals surface area contributed by atoms with Crippen LogP contribution in [-0.4, -0.2) is 58.5 Å². The second-order valence-electron chi connectivity index (χ2n) is 6.39. The molecule has 1 aromatic rings. The van der Waals surface area contributed by atoms with E-state index in [0.29, 0.717) is 36.2 Å². The molecule has 2 saturated heterocycles. The minimum absolute atomic E-state index is 0.0928. The number of thioether (sulfide) groups is 1. The Hall–Kier alpha value is -2.88. The maximum atomic E-state index is 12.6. The van der Waals surface area contributed by atoms with Crippen molar-refractivity contribution in [3.63, 3.8) is 0 Å². The third-order valence-electron chi connectivity index (χ3n) is 4.59. The van der Waals surface area contributed by atoms with Gasteiger partial charge in [-0.15, -0.1) is 0 Å². The van der Waals surface area contributed by atoms with Gasteiger partial charge in [-0.25, -0.2) is 0 Å². The molecule has 0 N–H and O–H groups in total. The highest BCUT2D eigenvalue weighted by molar-refractivity contribution is 8.18. The zero-order valence-corrected chi connectivity index (χ0v) is 16.1. The van der Waals surface area contributed by atoms with Crippen molar-refractivity contribution in [2.24, 2.45) is 0 Å². The van der Waals surface area contributed by atoms with E-state index in [1.165, 1.54) is 31.4 Å². The van der Waals surface area contributed by atoms with Gasteiger partial charge in [0.1, 0.15) is 12.3 Å². The van der Waals surface area contributed by atoms with Crippen LogP contribution in [0.15, 0.2) is 23.1 Å². The Labute approximate surface area is 165 Å². The summed E-state index contributed by atoms with van der Waals surface area (Å²) in [5.74, 6) is -0.508. The second kappa shape index (κ2) is 8.42. The van der Waals surface area contributed by atoms with Gasteiger partial charge in [-0.05, 0) is 43.2 Å². The number of amides is 3. The highest BCUT2D eigenvalue weighted by atomic mass is 32.2. The summed E-state index contributed by atoms with van der Waals surface area (Å²) in [6, 6.07) is 3.99. The summed E-state index contributed by atoms with van der Waals surface area (Å²) >= 11 is 0.701. The zero-order chi connectivity index (χ0) is 20.3. The topological polar surface area (TPSA) is 110 Å². The van der Waals surface area contributed by atoms with Crippen LogP contribution in [0.5, 0.6) is 5.75 Å². The summed E-state index contributed by atoms with van der Waals surface area (Å²) in [6.07, 6.45) is 4.28. The number of likely N-dealkylation sites (tertiary alicyclic amines) is 1. The highest BCUT2D eigenvalue weighted by Crippen LogP contribution is 2.35. The van der Waals surface area contributed by atoms with Crippen molar-refractivity contribution in [1.29, 1.82) is 0 Å². The first-order valence-corrected chi connectivity index (χ1v) is 9.58. The van der Waals surface area contributed by atoms with Crippen molar-refractivity contribution in [3.8, 4) is 5.75 Å². The molecule has 0 aliphatic carbocycles. The number of piperidine rings is 1. The van der Waals surface area contributed by atoms with Gasteiger partial charge in [0.2, 0.25) is 5.91 Å². The molecule has 148 valence electrons. The van der Waals surface area contributed by atoms with Crippen LogP contribution in [0.3, 0.4) is 0 Å². The Morgan fingerprint density at radius 1 is 1.29 bits per heavy atom. The van der Waals surface area contributed by atoms with E-state index >= 15 is 0 Å². The fraction of sp³-hybridized carbons (Fsp3) is 0.389. The minimum atomic E-state index is -0.589. The number of methoxy groups -OCH3 is 1. The first kappa shape index (κ1) is 19.9. The molecular formula is C18H19N3O6S. The SMILES string of the molecule is COc1ccc([N+](=O)[O-])cc1/C=C1\SC(=O)N(CC(=O)N2CCCCC2)C1=O. The zero-order valence-electron chi connectivity index (χ0n) is 15.3. The molecule has 9 nitrogen and oxygen atoms in total. The van der Waals surface area contributed by atoms with E-state index < -0.39 is 16.1 Å². The number of nitrogens with zero attached hydrogens (tertiary/aromatic N) is 3. The smallest absolute Gasteiger partial charge is 0.294 e. The van der Waals surface area contributed by atoms with Gasteiger partial charge < -0.3 is 9.64 Å². The lowest BCUT2D eigenvalue weighted by atomic mass is 10.1. The minimum Gasteiger partial charge on any atom is -0.496 e. The van der Waals surface area contributed by atoms with Gasteiger partial charge in [-0.2, -0.15) is 0 Å². The van der Waals surface area contributed by atoms with E-state index in [2.05, 4.69) is 0 Å². The summed E-state index contributed by atoms with van der Waals surface area (Å²) < 4.78 is 5.18. The van der Waals surface area contributed by atoms with E-state index in [0.717, 1.165) is 24.2 Å². The number of rotatable bonds is 5. The Morgan fingerprint density at radius 3 is 2.64 bits per heavy atom. The van der Waals surface area contributed by atoms with Gasteiger partial charge in [-0.1, -0.05) is 0 Å². The summed E-state index contributed by atoms with van der Waals surface area (Å²) in [5.41, 5.74) is 0.149. The number of hydrogen-bond donors (Lipinski definition) is 0. The van der Waals surface area contributed by atoms with E-state index in [4.69, 9.17) is 4.74 Å². The first-order chi connectivity index (χ1) is 13.4. The Morgan fingerprint density at radius 2 is 2.00 bits per heavy atom. The molecule has 28 heavy (non-hydrogen) atoms. The van der Waals surface area contributed by atoms with Crippen molar-refractivity contribution >= 4 is 40.6 Å². The van der Waals surface area contributed by atoms with Crippen molar-refractivity contribution in [1.82, 2.24) is 9.80 Å². The van der Waals surface area contributed by atoms with Crippen LogP contribution < -0.4 is 4.74 Å². The van der Waals surface area contributed by atoms with Crippen LogP contribution in [0.1, 0.15) is 24.8 Å². The van der Waals surface area contributed by atoms with Crippen LogP contribution in [0.25, 0.3) is 6.08 Å². The molecule has 0 atom stereocenters. The molecule has 1 aromatic carbocycles. The van der Waals surface area contributed by atoms with Gasteiger partial charge in [0.05, 0.1) is 16.9 Å². The van der Waals surface area contributed by atoms with E-state index in [-0.39, 0.29) is 23.0 Å². The van der Waals surface area contributed by atoms with Gasteiger partial charge in [-0.3, -0.25) is 29.4 Å². The monoisotopic (exact) mass is 405 g/mol. The number of benzene rings is 1. The number of ether oxygens (including phenoxy) is 1. The first-order valence-electron chi connectivity index (χ1n) is 8.76. The van der Waals surface area contributed by atoms with E-state index in [9.17, 15) is 24.5 Å². The van der Waals surface area contributed by atoms with E-state index in [1.807, 2.05) is 0 Å². The van der Waals surface area contributed by atoms with Gasteiger partial charge in [0.15, 0.2) is 0 Å². The molecule has 0 spiro atoms. The normalized spacial score (nSPS) is 18.7. The number of nitro groups is 1. The molecule has 0 radical (unpaired) electrons. The summed E-state index contributed by atoms with van der Waals surface area (Å²) in [7, 11) is 1.40. The average molecular weight is 405 g/mol. The Kier molecular flexibility index (Phi) is 5.98. The molecule has 0 aromatic heterocycles. The Bertz CT molecular complexity index is 863. The molecule has 2 fully saturated rings. The lowest BCUT2D eigenvalue weighted by Crippen LogP contribution is -2.44. The van der Waals surface area contributed by atoms with Crippen molar-refractivity contribution in [3.05, 3.63) is 38.8 Å². The van der Waals surface area contributed by atoms with Gasteiger partial charge in [0.25, 0.3) is 16.8 Å². The molecular weight excluding hydrogens is 386 g/mol. The molecule has 3 rings (SSSR count). The van der Waals surface area contributed by atoms with E-state index in [1.54, 1.807) is 4.90 Å². The maximum Gasteiger partial charge on any atom is 0.294 e. The van der Waals surface area contributed by atoms with Crippen molar-refractivity contribution in [2.45, 2.75) is 19.3 Å². The molecule has 0 unspecified atom stereocenters. The van der Waals surface area contributed by atoms with Gasteiger partial charge in [0, 0.05) is 30.8 Å². The largest absolute Gasteiger partial charge is 0.496 e.